The zero-order valence-electron chi connectivity index (χ0n) is 39.7. The number of benzene rings is 7. The first-order valence-corrected chi connectivity index (χ1v) is 30.5. The maximum Gasteiger partial charge on any atom is 0 e. The van der Waals surface area contributed by atoms with Gasteiger partial charge in [0.1, 0.15) is 16.2 Å². The fourth-order valence-electron chi connectivity index (χ4n) is 8.96. The number of fused-ring (bicyclic) bond motifs is 7. The summed E-state index contributed by atoms with van der Waals surface area (Å²) < 4.78 is 42.8. The Hall–Kier alpha value is -6.55. The van der Waals surface area contributed by atoms with Crippen molar-refractivity contribution in [3.8, 4) is 39.5 Å². The number of thiophene rings is 1. The maximum atomic E-state index is 13.8. The second kappa shape index (κ2) is 18.9. The van der Waals surface area contributed by atoms with Gasteiger partial charge in [0.05, 0.1) is 22.5 Å². The van der Waals surface area contributed by atoms with Crippen molar-refractivity contribution in [3.63, 3.8) is 0 Å². The van der Waals surface area contributed by atoms with Crippen molar-refractivity contribution in [3.05, 3.63) is 211 Å². The topological polar surface area (TPSA) is 56.7 Å². The van der Waals surface area contributed by atoms with E-state index in [1.165, 1.54) is 12.1 Å². The molecule has 0 amide bonds. The van der Waals surface area contributed by atoms with Crippen LogP contribution in [0.1, 0.15) is 26.7 Å². The molecule has 0 spiro atoms. The van der Waals surface area contributed by atoms with E-state index in [1.807, 2.05) is 141 Å². The molecule has 0 saturated heterocycles. The van der Waals surface area contributed by atoms with Gasteiger partial charge in [-0.1, -0.05) is 82.7 Å². The molecule has 1 unspecified atom stereocenters. The number of hydrogen-bond acceptors (Lipinski definition) is 5. The van der Waals surface area contributed by atoms with E-state index < -0.39 is 19.6 Å². The van der Waals surface area contributed by atoms with Crippen LogP contribution in [0.2, 0.25) is 17.3 Å². The molecule has 0 aliphatic rings. The molecule has 5 aromatic heterocycles. The fraction of sp³-hybridized carbons (Fsp3) is 0.102. The van der Waals surface area contributed by atoms with Gasteiger partial charge in [0.15, 0.2) is 5.58 Å². The van der Waals surface area contributed by atoms with Crippen LogP contribution in [0.3, 0.4) is 0 Å². The summed E-state index contributed by atoms with van der Waals surface area (Å²) in [6, 6.07) is 61.6. The van der Waals surface area contributed by atoms with Crippen LogP contribution in [-0.2, 0) is 26.5 Å². The first-order valence-electron chi connectivity index (χ1n) is 23.3. The molecular formula is C59H45FGeIrN4OS-2. The number of hydrogen-bond donors (Lipinski definition) is 0. The summed E-state index contributed by atoms with van der Waals surface area (Å²) in [7, 11) is 0. The van der Waals surface area contributed by atoms with Crippen LogP contribution in [0, 0.1) is 17.9 Å². The minimum Gasteiger partial charge on any atom is 0 e. The number of furan rings is 1. The summed E-state index contributed by atoms with van der Waals surface area (Å²) in [4.78, 5) is 15.5. The van der Waals surface area contributed by atoms with Crippen molar-refractivity contribution in [1.82, 2.24) is 19.5 Å². The van der Waals surface area contributed by atoms with E-state index in [-0.39, 0.29) is 31.8 Å². The normalized spacial score (nSPS) is 12.7. The second-order valence-corrected chi connectivity index (χ2v) is 29.2. The van der Waals surface area contributed by atoms with Crippen LogP contribution < -0.4 is 4.40 Å². The van der Waals surface area contributed by atoms with Gasteiger partial charge in [0.25, 0.3) is 0 Å². The Morgan fingerprint density at radius 2 is 1.53 bits per heavy atom. The molecule has 0 bridgehead atoms. The van der Waals surface area contributed by atoms with Gasteiger partial charge >= 0.3 is 157 Å². The second-order valence-electron chi connectivity index (χ2n) is 17.7. The summed E-state index contributed by atoms with van der Waals surface area (Å²) in [6.45, 7) is 1.98. The molecule has 12 aromatic rings. The van der Waals surface area contributed by atoms with Crippen LogP contribution >= 0.6 is 11.3 Å². The van der Waals surface area contributed by atoms with Crippen LogP contribution in [0.5, 0.6) is 0 Å². The molecule has 0 fully saturated rings. The molecule has 5 nitrogen and oxygen atoms in total. The van der Waals surface area contributed by atoms with E-state index >= 15 is 0 Å². The predicted molar refractivity (Wildman–Crippen MR) is 279 cm³/mol. The summed E-state index contributed by atoms with van der Waals surface area (Å²) in [5, 5.41) is 4.24. The number of aromatic nitrogens is 4. The largest absolute Gasteiger partial charge is 0 e. The quantitative estimate of drug-likeness (QED) is 0.112. The van der Waals surface area contributed by atoms with E-state index in [9.17, 15) is 4.39 Å². The molecule has 5 heterocycles. The summed E-state index contributed by atoms with van der Waals surface area (Å²) in [5.74, 6) is 7.12. The molecule has 1 atom stereocenters. The van der Waals surface area contributed by atoms with Crippen molar-refractivity contribution in [2.75, 3.05) is 0 Å². The average molecular weight is 1140 g/mol. The zero-order chi connectivity index (χ0) is 47.4. The number of halogens is 1. The van der Waals surface area contributed by atoms with Crippen molar-refractivity contribution < 1.29 is 31.7 Å². The van der Waals surface area contributed by atoms with Gasteiger partial charge in [-0.2, -0.15) is 11.3 Å². The predicted octanol–water partition coefficient (Wildman–Crippen LogP) is 15.4. The number of imidazole rings is 1. The third-order valence-electron chi connectivity index (χ3n) is 12.3. The van der Waals surface area contributed by atoms with Crippen molar-refractivity contribution in [2.24, 2.45) is 0 Å². The molecule has 1 radical (unpaired) electrons. The van der Waals surface area contributed by atoms with Crippen LogP contribution in [0.15, 0.2) is 187 Å². The molecule has 9 heteroatoms. The smallest absolute Gasteiger partial charge is 0 e. The van der Waals surface area contributed by atoms with E-state index in [1.54, 1.807) is 11.3 Å². The first kappa shape index (κ1) is 42.8. The maximum absolute atomic E-state index is 13.8. The molecule has 0 N–H and O–H groups in total. The molecule has 335 valence electrons. The van der Waals surface area contributed by atoms with E-state index in [0.717, 1.165) is 108 Å². The Bertz CT molecular complexity index is 3850. The van der Waals surface area contributed by atoms with Gasteiger partial charge in [-0.15, -0.1) is 12.1 Å². The zero-order valence-corrected chi connectivity index (χ0v) is 43.0. The standard InChI is InChI=1S/C36H19FN3OS.C23H26GeN.Ir/c37-22-16-14-21(15-17-22)23-18-19-27(34-32(23)26-9-6-20-38-36(26)42-34)35-39-28-10-2-3-11-29(28)40(35)30-12-5-8-25-24-7-1-4-13-31(24)41-33(25)30;1-18(19-11-7-5-8-12-19)15-21-16-23(20-13-9-6-10-14-20)25-17-22(21)24(2,3)4;/h1-18,20H;5-13,16-18H,15H2,1-4H3;/q2*-1;/i;15D2;. The number of para-hydroxylation sites is 4. The summed E-state index contributed by atoms with van der Waals surface area (Å²) in [5.41, 5.74) is 10.7. The van der Waals surface area contributed by atoms with Gasteiger partial charge in [-0.05, 0) is 47.2 Å². The van der Waals surface area contributed by atoms with E-state index in [0.29, 0.717) is 0 Å². The van der Waals surface area contributed by atoms with Crippen LogP contribution in [-0.4, -0.2) is 32.8 Å². The van der Waals surface area contributed by atoms with Gasteiger partial charge in [0, 0.05) is 42.5 Å². The Morgan fingerprint density at radius 3 is 2.34 bits per heavy atom. The Balaban J connectivity index is 0.000000177. The van der Waals surface area contributed by atoms with Crippen molar-refractivity contribution in [2.45, 2.75) is 36.5 Å². The third kappa shape index (κ3) is 8.51. The Morgan fingerprint density at radius 1 is 0.779 bits per heavy atom. The van der Waals surface area contributed by atoms with Gasteiger partial charge < -0.3 is 8.98 Å². The Labute approximate surface area is 417 Å². The number of nitrogens with zero attached hydrogens (tertiary/aromatic N) is 4. The molecule has 0 aliphatic carbocycles. The SMILES string of the molecule is Fc1ccc(-c2c[c-]c(-c3nc4ccccc4n3-c3cccc4c3oc3ccccc34)c3sc4ncccc4c23)cc1.[2H]C([2H])(c1cc(-c2[c-]cccc2)nc[c]1[Ge]([CH3])([CH3])[CH3])C(C)c1ccccc1.[Ir]. The van der Waals surface area contributed by atoms with Crippen molar-refractivity contribution in [1.29, 1.82) is 0 Å². The minimum atomic E-state index is -2.32. The summed E-state index contributed by atoms with van der Waals surface area (Å²) in [6.07, 6.45) is 2.25. The third-order valence-corrected chi connectivity index (χ3v) is 17.6. The van der Waals surface area contributed by atoms with E-state index in [4.69, 9.17) is 17.1 Å². The summed E-state index contributed by atoms with van der Waals surface area (Å²) >= 11 is -0.697. The van der Waals surface area contributed by atoms with Gasteiger partial charge in [0.2, 0.25) is 0 Å². The van der Waals surface area contributed by atoms with Crippen molar-refractivity contribution >= 4 is 82.3 Å². The number of pyridine rings is 2. The number of rotatable bonds is 8. The van der Waals surface area contributed by atoms with E-state index in [2.05, 4.69) is 75.4 Å². The van der Waals surface area contributed by atoms with Crippen LogP contribution in [0.25, 0.3) is 92.7 Å². The monoisotopic (exact) mass is 1150 g/mol. The molecule has 0 aliphatic heterocycles. The fourth-order valence-corrected chi connectivity index (χ4v) is 13.1. The molecule has 0 saturated carbocycles. The van der Waals surface area contributed by atoms with Gasteiger partial charge in [-0.3, -0.25) is 4.98 Å². The molecule has 12 rings (SSSR count). The minimum absolute atomic E-state index is 0. The average Bonchev–Trinajstić information content (AvgIpc) is 4.09. The molecular weight excluding hydrogens is 1100 g/mol. The van der Waals surface area contributed by atoms with Gasteiger partial charge in [-0.25, -0.2) is 9.37 Å². The Kier molecular flexibility index (Phi) is 11.9. The first-order chi connectivity index (χ1) is 33.5. The van der Waals surface area contributed by atoms with Crippen LogP contribution in [0.4, 0.5) is 4.39 Å². The molecule has 7 aromatic carbocycles. The molecule has 68 heavy (non-hydrogen) atoms.